The molecule has 1 heterocycles. The SMILES string of the molecule is COC(=O)/C=C/c1cn(C(=O)CC2(C)C=CCCC2)c2ccccc12. The zero-order valence-electron chi connectivity index (χ0n) is 14.7. The van der Waals surface area contributed by atoms with Crippen LogP contribution in [-0.4, -0.2) is 23.6 Å². The van der Waals surface area contributed by atoms with Crippen LogP contribution in [0, 0.1) is 5.41 Å². The molecule has 0 N–H and O–H groups in total. The van der Waals surface area contributed by atoms with E-state index in [1.54, 1.807) is 10.6 Å². The maximum absolute atomic E-state index is 13.0. The van der Waals surface area contributed by atoms with Crippen LogP contribution in [0.3, 0.4) is 0 Å². The van der Waals surface area contributed by atoms with E-state index in [-0.39, 0.29) is 11.3 Å². The van der Waals surface area contributed by atoms with E-state index in [1.807, 2.05) is 30.5 Å². The van der Waals surface area contributed by atoms with E-state index >= 15 is 0 Å². The molecule has 1 atom stereocenters. The predicted molar refractivity (Wildman–Crippen MR) is 99.3 cm³/mol. The molecule has 130 valence electrons. The second-order valence-electron chi connectivity index (χ2n) is 6.85. The number of carbonyl (C=O) groups is 2. The molecule has 4 nitrogen and oxygen atoms in total. The standard InChI is InChI=1S/C21H23NO3/c1-21(12-6-3-7-13-21)14-19(23)22-15-16(10-11-20(24)25-2)17-8-4-5-9-18(17)22/h4-6,8-12,15H,3,7,13-14H2,1-2H3/b11-10+. The number of aromatic nitrogens is 1. The number of methoxy groups -OCH3 is 1. The highest BCUT2D eigenvalue weighted by Gasteiger charge is 2.27. The quantitative estimate of drug-likeness (QED) is 0.465. The van der Waals surface area contributed by atoms with Crippen LogP contribution in [0.1, 0.15) is 43.0 Å². The molecule has 0 aliphatic heterocycles. The number of nitrogens with zero attached hydrogens (tertiary/aromatic N) is 1. The summed E-state index contributed by atoms with van der Waals surface area (Å²) in [6.07, 6.45) is 13.0. The van der Waals surface area contributed by atoms with Crippen molar-refractivity contribution in [2.75, 3.05) is 7.11 Å². The van der Waals surface area contributed by atoms with Crippen LogP contribution in [-0.2, 0) is 9.53 Å². The highest BCUT2D eigenvalue weighted by Crippen LogP contribution is 2.35. The highest BCUT2D eigenvalue weighted by molar-refractivity contribution is 5.99. The van der Waals surface area contributed by atoms with Gasteiger partial charge >= 0.3 is 5.97 Å². The molecular formula is C21H23NO3. The van der Waals surface area contributed by atoms with Crippen molar-refractivity contribution in [1.29, 1.82) is 0 Å². The molecule has 1 aromatic carbocycles. The van der Waals surface area contributed by atoms with Crippen molar-refractivity contribution in [3.05, 3.63) is 54.3 Å². The summed E-state index contributed by atoms with van der Waals surface area (Å²) in [5, 5.41) is 0.945. The van der Waals surface area contributed by atoms with E-state index < -0.39 is 5.97 Å². The Kier molecular flexibility index (Phi) is 4.88. The van der Waals surface area contributed by atoms with Crippen LogP contribution in [0.5, 0.6) is 0 Å². The number of fused-ring (bicyclic) bond motifs is 1. The van der Waals surface area contributed by atoms with Gasteiger partial charge in [0.2, 0.25) is 5.91 Å². The Hall–Kier alpha value is -2.62. The number of ether oxygens (including phenoxy) is 1. The van der Waals surface area contributed by atoms with Crippen LogP contribution >= 0.6 is 0 Å². The van der Waals surface area contributed by atoms with Crippen molar-refractivity contribution in [3.8, 4) is 0 Å². The molecule has 0 spiro atoms. The highest BCUT2D eigenvalue weighted by atomic mass is 16.5. The van der Waals surface area contributed by atoms with Gasteiger partial charge in [-0.1, -0.05) is 37.3 Å². The third-order valence-electron chi connectivity index (χ3n) is 4.81. The third-order valence-corrected chi connectivity index (χ3v) is 4.81. The van der Waals surface area contributed by atoms with Gasteiger partial charge in [-0.25, -0.2) is 4.79 Å². The average Bonchev–Trinajstić information content (AvgIpc) is 2.99. The molecule has 0 saturated heterocycles. The molecule has 1 aliphatic rings. The number of para-hydroxylation sites is 1. The van der Waals surface area contributed by atoms with Crippen molar-refractivity contribution >= 4 is 28.9 Å². The minimum atomic E-state index is -0.414. The van der Waals surface area contributed by atoms with Gasteiger partial charge in [0.1, 0.15) is 0 Å². The van der Waals surface area contributed by atoms with Crippen molar-refractivity contribution in [1.82, 2.24) is 4.57 Å². The van der Waals surface area contributed by atoms with E-state index in [9.17, 15) is 9.59 Å². The molecule has 0 bridgehead atoms. The zero-order valence-corrected chi connectivity index (χ0v) is 14.7. The van der Waals surface area contributed by atoms with Crippen LogP contribution in [0.2, 0.25) is 0 Å². The fraction of sp³-hybridized carbons (Fsp3) is 0.333. The molecule has 2 aromatic rings. The zero-order chi connectivity index (χ0) is 17.9. The minimum Gasteiger partial charge on any atom is -0.466 e. The lowest BCUT2D eigenvalue weighted by Gasteiger charge is -2.28. The third kappa shape index (κ3) is 3.73. The number of allylic oxidation sites excluding steroid dienone is 2. The molecule has 4 heteroatoms. The van der Waals surface area contributed by atoms with Crippen LogP contribution in [0.4, 0.5) is 0 Å². The number of esters is 1. The number of hydrogen-bond acceptors (Lipinski definition) is 3. The summed E-state index contributed by atoms with van der Waals surface area (Å²) in [6.45, 7) is 2.14. The lowest BCUT2D eigenvalue weighted by molar-refractivity contribution is -0.134. The maximum Gasteiger partial charge on any atom is 0.330 e. The number of benzene rings is 1. The topological polar surface area (TPSA) is 48.3 Å². The van der Waals surface area contributed by atoms with Gasteiger partial charge < -0.3 is 4.74 Å². The van der Waals surface area contributed by atoms with Crippen LogP contribution in [0.25, 0.3) is 17.0 Å². The van der Waals surface area contributed by atoms with Crippen molar-refractivity contribution in [2.45, 2.75) is 32.6 Å². The van der Waals surface area contributed by atoms with E-state index in [0.29, 0.717) is 6.42 Å². The van der Waals surface area contributed by atoms with Gasteiger partial charge in [-0.3, -0.25) is 9.36 Å². The van der Waals surface area contributed by atoms with Crippen LogP contribution < -0.4 is 0 Å². The summed E-state index contributed by atoms with van der Waals surface area (Å²) in [4.78, 5) is 24.3. The first kappa shape index (κ1) is 17.2. The molecule has 0 saturated carbocycles. The summed E-state index contributed by atoms with van der Waals surface area (Å²) in [6, 6.07) is 7.74. The molecule has 0 fully saturated rings. The van der Waals surface area contributed by atoms with Gasteiger partial charge in [-0.15, -0.1) is 0 Å². The average molecular weight is 337 g/mol. The van der Waals surface area contributed by atoms with Gasteiger partial charge in [0.15, 0.2) is 0 Å². The largest absolute Gasteiger partial charge is 0.466 e. The van der Waals surface area contributed by atoms with Gasteiger partial charge in [-0.05, 0) is 36.8 Å². The Morgan fingerprint density at radius 2 is 2.12 bits per heavy atom. The normalized spacial score (nSPS) is 20.2. The molecule has 3 rings (SSSR count). The maximum atomic E-state index is 13.0. The van der Waals surface area contributed by atoms with Crippen LogP contribution in [0.15, 0.2) is 48.7 Å². The molecule has 1 aliphatic carbocycles. The Balaban J connectivity index is 1.94. The second-order valence-corrected chi connectivity index (χ2v) is 6.85. The minimum absolute atomic E-state index is 0.0722. The summed E-state index contributed by atoms with van der Waals surface area (Å²) < 4.78 is 6.35. The van der Waals surface area contributed by atoms with E-state index in [4.69, 9.17) is 0 Å². The van der Waals surface area contributed by atoms with Crippen molar-refractivity contribution < 1.29 is 14.3 Å². The fourth-order valence-electron chi connectivity index (χ4n) is 3.42. The van der Waals surface area contributed by atoms with Gasteiger partial charge in [0, 0.05) is 29.6 Å². The van der Waals surface area contributed by atoms with E-state index in [1.165, 1.54) is 13.2 Å². The molecular weight excluding hydrogens is 314 g/mol. The second kappa shape index (κ2) is 7.09. The first-order valence-corrected chi connectivity index (χ1v) is 8.59. The Bertz CT molecular complexity index is 859. The summed E-state index contributed by atoms with van der Waals surface area (Å²) in [5.41, 5.74) is 1.61. The molecule has 0 radical (unpaired) electrons. The van der Waals surface area contributed by atoms with Crippen molar-refractivity contribution in [3.63, 3.8) is 0 Å². The van der Waals surface area contributed by atoms with Gasteiger partial charge in [0.25, 0.3) is 0 Å². The Labute approximate surface area is 147 Å². The predicted octanol–water partition coefficient (Wildman–Crippen LogP) is 4.60. The van der Waals surface area contributed by atoms with Gasteiger partial charge in [0.05, 0.1) is 12.6 Å². The summed E-state index contributed by atoms with van der Waals surface area (Å²) in [5.74, 6) is -0.342. The number of hydrogen-bond donors (Lipinski definition) is 0. The molecule has 1 aromatic heterocycles. The lowest BCUT2D eigenvalue weighted by atomic mass is 9.78. The summed E-state index contributed by atoms with van der Waals surface area (Å²) in [7, 11) is 1.35. The monoisotopic (exact) mass is 337 g/mol. The van der Waals surface area contributed by atoms with E-state index in [0.717, 1.165) is 35.7 Å². The molecule has 1 unspecified atom stereocenters. The van der Waals surface area contributed by atoms with Gasteiger partial charge in [-0.2, -0.15) is 0 Å². The number of rotatable bonds is 4. The number of carbonyl (C=O) groups excluding carboxylic acids is 2. The van der Waals surface area contributed by atoms with Crippen molar-refractivity contribution in [2.24, 2.45) is 5.41 Å². The Morgan fingerprint density at radius 1 is 1.32 bits per heavy atom. The summed E-state index contributed by atoms with van der Waals surface area (Å²) >= 11 is 0. The molecule has 0 amide bonds. The van der Waals surface area contributed by atoms with E-state index in [2.05, 4.69) is 23.8 Å². The first-order chi connectivity index (χ1) is 12.0. The Morgan fingerprint density at radius 3 is 2.84 bits per heavy atom. The lowest BCUT2D eigenvalue weighted by Crippen LogP contribution is -2.23. The smallest absolute Gasteiger partial charge is 0.330 e. The fourth-order valence-corrected chi connectivity index (χ4v) is 3.42. The first-order valence-electron chi connectivity index (χ1n) is 8.59. The molecule has 25 heavy (non-hydrogen) atoms.